The first-order chi connectivity index (χ1) is 52.9. The van der Waals surface area contributed by atoms with E-state index in [9.17, 15) is 43.2 Å². The molecule has 0 amide bonds. The van der Waals surface area contributed by atoms with Gasteiger partial charge < -0.3 is 33.8 Å². The van der Waals surface area contributed by atoms with E-state index in [4.69, 9.17) is 37.0 Å². The van der Waals surface area contributed by atoms with Crippen molar-refractivity contribution >= 4 is 39.5 Å². The Morgan fingerprint density at radius 3 is 0.697 bits per heavy atom. The molecule has 17 nitrogen and oxygen atoms in total. The van der Waals surface area contributed by atoms with Crippen LogP contribution in [0.3, 0.4) is 0 Å². The molecule has 6 atom stereocenters. The Bertz CT molecular complexity index is 2080. The van der Waals surface area contributed by atoms with Crippen molar-refractivity contribution < 1.29 is 80.2 Å². The number of carbonyl (C=O) groups excluding carboxylic acids is 4. The Kier molecular flexibility index (Phi) is 79.8. The summed E-state index contributed by atoms with van der Waals surface area (Å²) >= 11 is 0. The number of aliphatic hydroxyl groups excluding tert-OH is 1. The second kappa shape index (κ2) is 81.2. The molecule has 0 heterocycles. The van der Waals surface area contributed by atoms with Gasteiger partial charge in [0.15, 0.2) is 12.2 Å². The van der Waals surface area contributed by atoms with Crippen LogP contribution in [-0.2, 0) is 65.4 Å². The predicted octanol–water partition coefficient (Wildman–Crippen LogP) is 27.8. The van der Waals surface area contributed by atoms with Crippen molar-refractivity contribution in [1.29, 1.82) is 0 Å². The van der Waals surface area contributed by atoms with Gasteiger partial charge in [-0.15, -0.1) is 0 Å². The lowest BCUT2D eigenvalue weighted by molar-refractivity contribution is -0.161. The molecule has 109 heavy (non-hydrogen) atoms. The zero-order chi connectivity index (χ0) is 79.9. The van der Waals surface area contributed by atoms with Crippen LogP contribution in [0, 0.1) is 11.8 Å². The average Bonchev–Trinajstić information content (AvgIpc) is 0.903. The second-order valence-corrected chi connectivity index (χ2v) is 36.0. The second-order valence-electron chi connectivity index (χ2n) is 33.1. The highest BCUT2D eigenvalue weighted by atomic mass is 31.2. The molecule has 0 spiro atoms. The standard InChI is InChI=1S/C90H176O17P2/c1-7-10-12-14-16-18-20-22-24-26-27-28-29-34-37-41-45-49-53-60-66-72-87(92)100-78-85(106-89(94)74-68-63-55-51-47-43-39-35-31-30-33-36-40-44-48-52-58-64-70-82(4)5)80-104-108(96,97)102-76-84(91)77-103-109(98,99)105-81-86(79-101-88(93)73-67-61-57-56-59-65-71-83(6)9-3)107-90(95)75-69-62-54-50-46-42-38-32-25-23-21-19-17-15-13-11-8-2/h82-86,91H,7-81H2,1-6H3,(H,96,97)(H,98,99)/t83?,84-,85-,86-/m1/s1. The quantitative estimate of drug-likeness (QED) is 0.0222. The molecular weight excluding hydrogens is 1410 g/mol. The highest BCUT2D eigenvalue weighted by Crippen LogP contribution is 2.45. The molecule has 0 rings (SSSR count). The molecule has 0 saturated heterocycles. The number of ether oxygens (including phenoxy) is 4. The van der Waals surface area contributed by atoms with E-state index in [1.54, 1.807) is 0 Å². The summed E-state index contributed by atoms with van der Waals surface area (Å²) in [5, 5.41) is 10.7. The molecule has 0 aromatic rings. The summed E-state index contributed by atoms with van der Waals surface area (Å²) in [6, 6.07) is 0. The number of carbonyl (C=O) groups is 4. The van der Waals surface area contributed by atoms with Crippen LogP contribution < -0.4 is 0 Å². The molecule has 0 fully saturated rings. The van der Waals surface area contributed by atoms with Crippen molar-refractivity contribution in [3.05, 3.63) is 0 Å². The fraction of sp³-hybridized carbons (Fsp3) is 0.956. The summed E-state index contributed by atoms with van der Waals surface area (Å²) in [5.41, 5.74) is 0. The van der Waals surface area contributed by atoms with Crippen molar-refractivity contribution in [2.75, 3.05) is 39.6 Å². The Labute approximate surface area is 670 Å². The number of phosphoric ester groups is 2. The van der Waals surface area contributed by atoms with E-state index in [1.165, 1.54) is 295 Å². The van der Waals surface area contributed by atoms with Gasteiger partial charge in [-0.25, -0.2) is 9.13 Å². The van der Waals surface area contributed by atoms with Crippen molar-refractivity contribution in [3.8, 4) is 0 Å². The monoisotopic (exact) mass is 1590 g/mol. The molecule has 19 heteroatoms. The van der Waals surface area contributed by atoms with Gasteiger partial charge in [-0.05, 0) is 37.5 Å². The SMILES string of the molecule is CCCCCCCCCCCCCCCCCCCCCCCC(=O)OC[C@H](COP(=O)(O)OC[C@@H](O)COP(=O)(O)OC[C@@H](COC(=O)CCCCCCCCC(C)CC)OC(=O)CCCCCCCCCCCCCCCCCCC)OC(=O)CCCCCCCCCCCCCCCCCCCCC(C)C. The van der Waals surface area contributed by atoms with E-state index in [1.807, 2.05) is 0 Å². The van der Waals surface area contributed by atoms with E-state index in [-0.39, 0.29) is 25.7 Å². The van der Waals surface area contributed by atoms with Gasteiger partial charge in [0.05, 0.1) is 26.4 Å². The zero-order valence-corrected chi connectivity index (χ0v) is 73.7. The number of esters is 4. The third kappa shape index (κ3) is 82.4. The Morgan fingerprint density at radius 1 is 0.266 bits per heavy atom. The molecule has 0 saturated carbocycles. The minimum Gasteiger partial charge on any atom is -0.462 e. The van der Waals surface area contributed by atoms with Crippen molar-refractivity contribution in [2.24, 2.45) is 11.8 Å². The highest BCUT2D eigenvalue weighted by Gasteiger charge is 2.31. The number of unbranched alkanes of at least 4 members (excludes halogenated alkanes) is 58. The van der Waals surface area contributed by atoms with Crippen LogP contribution in [0.4, 0.5) is 0 Å². The molecular formula is C90H176O17P2. The van der Waals surface area contributed by atoms with Crippen LogP contribution in [0.5, 0.6) is 0 Å². The number of rotatable bonds is 89. The van der Waals surface area contributed by atoms with Gasteiger partial charge in [-0.2, -0.15) is 0 Å². The third-order valence-electron chi connectivity index (χ3n) is 21.6. The minimum atomic E-state index is -4.97. The van der Waals surface area contributed by atoms with Gasteiger partial charge in [-0.1, -0.05) is 433 Å². The number of hydrogen-bond acceptors (Lipinski definition) is 15. The maximum atomic E-state index is 13.2. The molecule has 0 aromatic carbocycles. The summed E-state index contributed by atoms with van der Waals surface area (Å²) in [5.74, 6) is -0.548. The lowest BCUT2D eigenvalue weighted by Crippen LogP contribution is -2.30. The van der Waals surface area contributed by atoms with Gasteiger partial charge >= 0.3 is 39.5 Å². The molecule has 0 bridgehead atoms. The summed E-state index contributed by atoms with van der Waals surface area (Å²) in [4.78, 5) is 73.3. The lowest BCUT2D eigenvalue weighted by Gasteiger charge is -2.21. The number of hydrogen-bond donors (Lipinski definition) is 3. The third-order valence-corrected chi connectivity index (χ3v) is 23.5. The van der Waals surface area contributed by atoms with Crippen LogP contribution in [-0.4, -0.2) is 96.7 Å². The van der Waals surface area contributed by atoms with Gasteiger partial charge in [0, 0.05) is 25.7 Å². The largest absolute Gasteiger partial charge is 0.472 e. The molecule has 0 radical (unpaired) electrons. The molecule has 0 aromatic heterocycles. The van der Waals surface area contributed by atoms with Crippen LogP contribution >= 0.6 is 15.6 Å². The molecule has 0 aliphatic heterocycles. The van der Waals surface area contributed by atoms with Gasteiger partial charge in [0.2, 0.25) is 0 Å². The number of phosphoric acid groups is 2. The van der Waals surface area contributed by atoms with E-state index < -0.39 is 97.5 Å². The van der Waals surface area contributed by atoms with Gasteiger partial charge in [0.1, 0.15) is 19.3 Å². The maximum absolute atomic E-state index is 13.2. The predicted molar refractivity (Wildman–Crippen MR) is 451 cm³/mol. The summed E-state index contributed by atoms with van der Waals surface area (Å²) in [7, 11) is -9.93. The van der Waals surface area contributed by atoms with Crippen LogP contribution in [0.15, 0.2) is 0 Å². The van der Waals surface area contributed by atoms with Gasteiger partial charge in [-0.3, -0.25) is 37.3 Å². The first-order valence-corrected chi connectivity index (χ1v) is 49.5. The Morgan fingerprint density at radius 2 is 0.468 bits per heavy atom. The highest BCUT2D eigenvalue weighted by molar-refractivity contribution is 7.47. The fourth-order valence-electron chi connectivity index (χ4n) is 14.1. The first-order valence-electron chi connectivity index (χ1n) is 46.5. The van der Waals surface area contributed by atoms with Crippen LogP contribution in [0.2, 0.25) is 0 Å². The maximum Gasteiger partial charge on any atom is 0.472 e. The van der Waals surface area contributed by atoms with Crippen molar-refractivity contribution in [1.82, 2.24) is 0 Å². The summed E-state index contributed by atoms with van der Waals surface area (Å²) in [6.07, 6.45) is 75.2. The number of aliphatic hydroxyl groups is 1. The minimum absolute atomic E-state index is 0.108. The zero-order valence-electron chi connectivity index (χ0n) is 71.9. The molecule has 648 valence electrons. The van der Waals surface area contributed by atoms with Crippen LogP contribution in [0.25, 0.3) is 0 Å². The molecule has 3 unspecified atom stereocenters. The fourth-order valence-corrected chi connectivity index (χ4v) is 15.7. The Hall–Kier alpha value is -1.94. The van der Waals surface area contributed by atoms with Gasteiger partial charge in [0.25, 0.3) is 0 Å². The first kappa shape index (κ1) is 107. The lowest BCUT2D eigenvalue weighted by atomic mass is 10.00. The normalized spacial score (nSPS) is 14.0. The summed E-state index contributed by atoms with van der Waals surface area (Å²) < 4.78 is 69.0. The van der Waals surface area contributed by atoms with E-state index in [0.717, 1.165) is 108 Å². The Balaban J connectivity index is 5.22. The smallest absolute Gasteiger partial charge is 0.462 e. The van der Waals surface area contributed by atoms with E-state index >= 15 is 0 Å². The summed E-state index contributed by atoms with van der Waals surface area (Å²) in [6.45, 7) is 9.69. The van der Waals surface area contributed by atoms with Crippen molar-refractivity contribution in [3.63, 3.8) is 0 Å². The topological polar surface area (TPSA) is 237 Å². The average molecular weight is 1590 g/mol. The van der Waals surface area contributed by atoms with Crippen molar-refractivity contribution in [2.45, 2.75) is 503 Å². The molecule has 0 aliphatic rings. The van der Waals surface area contributed by atoms with E-state index in [0.29, 0.717) is 25.7 Å². The molecule has 0 aliphatic carbocycles. The van der Waals surface area contributed by atoms with Crippen LogP contribution in [0.1, 0.15) is 485 Å². The molecule has 3 N–H and O–H groups in total. The van der Waals surface area contributed by atoms with E-state index in [2.05, 4.69) is 41.5 Å².